The van der Waals surface area contributed by atoms with Crippen molar-refractivity contribution in [1.29, 1.82) is 0 Å². The molecule has 0 fully saturated rings. The van der Waals surface area contributed by atoms with Crippen molar-refractivity contribution in [2.24, 2.45) is 0 Å². The lowest BCUT2D eigenvalue weighted by atomic mass is 10.3. The molecule has 2 aromatic rings. The van der Waals surface area contributed by atoms with Gasteiger partial charge in [0.25, 0.3) is 0 Å². The average Bonchev–Trinajstić information content (AvgIpc) is 2.68. The fourth-order valence-corrected chi connectivity index (χ4v) is 1.97. The van der Waals surface area contributed by atoms with Crippen molar-refractivity contribution in [3.8, 4) is 0 Å². The number of aryl methyl sites for hydroxylation is 1. The number of anilines is 2. The Morgan fingerprint density at radius 2 is 2.35 bits per heavy atom. The molecule has 2 N–H and O–H groups in total. The summed E-state index contributed by atoms with van der Waals surface area (Å²) < 4.78 is 0. The molecule has 17 heavy (non-hydrogen) atoms. The number of carboxylic acid groups (broad SMARTS) is 1. The minimum atomic E-state index is -0.879. The topological polar surface area (TPSA) is 75.1 Å². The normalized spacial score (nSPS) is 10.2. The van der Waals surface area contributed by atoms with E-state index in [-0.39, 0.29) is 6.42 Å². The van der Waals surface area contributed by atoms with Crippen LogP contribution in [0.5, 0.6) is 0 Å². The van der Waals surface area contributed by atoms with Gasteiger partial charge in [-0.1, -0.05) is 6.07 Å². The molecule has 0 amide bonds. The Balaban J connectivity index is 2.06. The molecular weight excluding hydrogens is 238 g/mol. The van der Waals surface area contributed by atoms with E-state index in [1.54, 1.807) is 11.6 Å². The lowest BCUT2D eigenvalue weighted by Gasteiger charge is -2.00. The molecule has 88 valence electrons. The smallest absolute Gasteiger partial charge is 0.309 e. The van der Waals surface area contributed by atoms with Gasteiger partial charge in [-0.2, -0.15) is 0 Å². The van der Waals surface area contributed by atoms with Gasteiger partial charge in [-0.15, -0.1) is 11.3 Å². The van der Waals surface area contributed by atoms with Crippen molar-refractivity contribution >= 4 is 28.3 Å². The number of carboxylic acids is 1. The third-order valence-electron chi connectivity index (χ3n) is 2.03. The van der Waals surface area contributed by atoms with Crippen LogP contribution in [0.2, 0.25) is 0 Å². The number of pyridine rings is 1. The SMILES string of the molecule is Cc1ccc(Nc2nc(CC(=O)O)cs2)nc1. The highest BCUT2D eigenvalue weighted by Crippen LogP contribution is 2.19. The van der Waals surface area contributed by atoms with Crippen molar-refractivity contribution in [2.75, 3.05) is 5.32 Å². The Morgan fingerprint density at radius 3 is 3.00 bits per heavy atom. The van der Waals surface area contributed by atoms with Gasteiger partial charge >= 0.3 is 5.97 Å². The molecule has 0 radical (unpaired) electrons. The quantitative estimate of drug-likeness (QED) is 0.869. The fraction of sp³-hybridized carbons (Fsp3) is 0.182. The molecule has 0 aliphatic rings. The van der Waals surface area contributed by atoms with Crippen molar-refractivity contribution in [3.63, 3.8) is 0 Å². The Hall–Kier alpha value is -1.95. The van der Waals surface area contributed by atoms with E-state index in [1.807, 2.05) is 19.1 Å². The predicted molar refractivity (Wildman–Crippen MR) is 65.7 cm³/mol. The van der Waals surface area contributed by atoms with Crippen LogP contribution in [0.1, 0.15) is 11.3 Å². The standard InChI is InChI=1S/C11H11N3O2S/c1-7-2-3-9(12-5-7)14-11-13-8(6-17-11)4-10(15)16/h2-3,5-6H,4H2,1H3,(H,15,16)(H,12,13,14). The molecule has 0 aromatic carbocycles. The number of thiazole rings is 1. The van der Waals surface area contributed by atoms with E-state index in [1.165, 1.54) is 11.3 Å². The Morgan fingerprint density at radius 1 is 1.53 bits per heavy atom. The summed E-state index contributed by atoms with van der Waals surface area (Å²) >= 11 is 1.37. The second-order valence-electron chi connectivity index (χ2n) is 3.56. The number of hydrogen-bond donors (Lipinski definition) is 2. The zero-order chi connectivity index (χ0) is 12.3. The lowest BCUT2D eigenvalue weighted by molar-refractivity contribution is -0.136. The van der Waals surface area contributed by atoms with Crippen LogP contribution in [0, 0.1) is 6.92 Å². The van der Waals surface area contributed by atoms with E-state index in [2.05, 4.69) is 15.3 Å². The van der Waals surface area contributed by atoms with Gasteiger partial charge in [-0.3, -0.25) is 4.79 Å². The number of carbonyl (C=O) groups is 1. The van der Waals surface area contributed by atoms with Gasteiger partial charge in [0.2, 0.25) is 0 Å². The highest BCUT2D eigenvalue weighted by atomic mass is 32.1. The zero-order valence-electron chi connectivity index (χ0n) is 9.17. The predicted octanol–water partition coefficient (Wildman–Crippen LogP) is 2.22. The highest BCUT2D eigenvalue weighted by Gasteiger charge is 2.06. The van der Waals surface area contributed by atoms with E-state index in [0.29, 0.717) is 16.6 Å². The number of nitrogens with zero attached hydrogens (tertiary/aromatic N) is 2. The molecule has 2 heterocycles. The first-order chi connectivity index (χ1) is 8.13. The monoisotopic (exact) mass is 249 g/mol. The molecule has 0 bridgehead atoms. The third-order valence-corrected chi connectivity index (χ3v) is 2.84. The number of hydrogen-bond acceptors (Lipinski definition) is 5. The molecule has 5 nitrogen and oxygen atoms in total. The van der Waals surface area contributed by atoms with Crippen LogP contribution in [-0.4, -0.2) is 21.0 Å². The summed E-state index contributed by atoms with van der Waals surface area (Å²) in [4.78, 5) is 18.8. The molecule has 2 rings (SSSR count). The molecule has 6 heteroatoms. The summed E-state index contributed by atoms with van der Waals surface area (Å²) in [6.45, 7) is 1.96. The van der Waals surface area contributed by atoms with E-state index in [9.17, 15) is 4.79 Å². The van der Waals surface area contributed by atoms with Gasteiger partial charge in [0.15, 0.2) is 5.13 Å². The summed E-state index contributed by atoms with van der Waals surface area (Å²) in [5.74, 6) is -0.179. The summed E-state index contributed by atoms with van der Waals surface area (Å²) in [6, 6.07) is 3.80. The molecular formula is C11H11N3O2S. The maximum atomic E-state index is 10.5. The average molecular weight is 249 g/mol. The van der Waals surface area contributed by atoms with Crippen molar-refractivity contribution < 1.29 is 9.90 Å². The van der Waals surface area contributed by atoms with E-state index >= 15 is 0 Å². The molecule has 0 unspecified atom stereocenters. The van der Waals surface area contributed by atoms with Gasteiger partial charge < -0.3 is 10.4 Å². The second kappa shape index (κ2) is 4.92. The number of nitrogens with one attached hydrogen (secondary N) is 1. The van der Waals surface area contributed by atoms with Crippen LogP contribution in [0.15, 0.2) is 23.7 Å². The number of aromatic nitrogens is 2. The Kier molecular flexibility index (Phi) is 3.34. The molecule has 0 saturated carbocycles. The van der Waals surface area contributed by atoms with Gasteiger partial charge in [0, 0.05) is 11.6 Å². The summed E-state index contributed by atoms with van der Waals surface area (Å²) in [7, 11) is 0. The van der Waals surface area contributed by atoms with Crippen molar-refractivity contribution in [2.45, 2.75) is 13.3 Å². The minimum absolute atomic E-state index is 0.0560. The van der Waals surface area contributed by atoms with Crippen LogP contribution in [0.4, 0.5) is 10.9 Å². The number of aliphatic carboxylic acids is 1. The lowest BCUT2D eigenvalue weighted by Crippen LogP contribution is -2.00. The molecule has 0 aliphatic carbocycles. The largest absolute Gasteiger partial charge is 0.481 e. The molecule has 0 aliphatic heterocycles. The minimum Gasteiger partial charge on any atom is -0.481 e. The van der Waals surface area contributed by atoms with Crippen LogP contribution < -0.4 is 5.32 Å². The van der Waals surface area contributed by atoms with E-state index in [0.717, 1.165) is 5.56 Å². The summed E-state index contributed by atoms with van der Waals surface area (Å²) in [5.41, 5.74) is 1.64. The van der Waals surface area contributed by atoms with Gasteiger partial charge in [0.05, 0.1) is 12.1 Å². The maximum Gasteiger partial charge on any atom is 0.309 e. The first-order valence-electron chi connectivity index (χ1n) is 4.99. The van der Waals surface area contributed by atoms with Crippen LogP contribution in [0.3, 0.4) is 0 Å². The summed E-state index contributed by atoms with van der Waals surface area (Å²) in [6.07, 6.45) is 1.70. The third kappa shape index (κ3) is 3.25. The van der Waals surface area contributed by atoms with Crippen molar-refractivity contribution in [1.82, 2.24) is 9.97 Å². The Labute approximate surface area is 102 Å². The first-order valence-corrected chi connectivity index (χ1v) is 5.87. The van der Waals surface area contributed by atoms with Crippen molar-refractivity contribution in [3.05, 3.63) is 35.0 Å². The first kappa shape index (κ1) is 11.5. The Bertz CT molecular complexity index is 522. The van der Waals surface area contributed by atoms with Gasteiger partial charge in [-0.05, 0) is 18.6 Å². The van der Waals surface area contributed by atoms with Crippen LogP contribution in [-0.2, 0) is 11.2 Å². The highest BCUT2D eigenvalue weighted by molar-refractivity contribution is 7.13. The fourth-order valence-electron chi connectivity index (χ4n) is 1.25. The number of rotatable bonds is 4. The van der Waals surface area contributed by atoms with Crippen LogP contribution in [0.25, 0.3) is 0 Å². The van der Waals surface area contributed by atoms with Gasteiger partial charge in [0.1, 0.15) is 5.82 Å². The van der Waals surface area contributed by atoms with Crippen LogP contribution >= 0.6 is 11.3 Å². The van der Waals surface area contributed by atoms with Gasteiger partial charge in [-0.25, -0.2) is 9.97 Å². The zero-order valence-corrected chi connectivity index (χ0v) is 9.99. The second-order valence-corrected chi connectivity index (χ2v) is 4.42. The summed E-state index contributed by atoms with van der Waals surface area (Å²) in [5, 5.41) is 14.0. The maximum absolute atomic E-state index is 10.5. The molecule has 0 atom stereocenters. The molecule has 0 saturated heterocycles. The van der Waals surface area contributed by atoms with E-state index in [4.69, 9.17) is 5.11 Å². The molecule has 0 spiro atoms. The van der Waals surface area contributed by atoms with E-state index < -0.39 is 5.97 Å². The molecule has 2 aromatic heterocycles.